The molecule has 0 unspecified atom stereocenters. The molecule has 2 N–H and O–H groups in total. The van der Waals surface area contributed by atoms with E-state index in [4.69, 9.17) is 15.7 Å². The maximum absolute atomic E-state index is 11.5. The van der Waals surface area contributed by atoms with E-state index < -0.39 is 5.97 Å². The smallest absolute Gasteiger partial charge is 0.340 e. The SMILES string of the molecule is CCOC(=O)c1cc(C#CC#N)ccc1N. The van der Waals surface area contributed by atoms with E-state index in [0.29, 0.717) is 11.3 Å². The minimum Gasteiger partial charge on any atom is -0.462 e. The quantitative estimate of drug-likeness (QED) is 0.457. The van der Waals surface area contributed by atoms with Gasteiger partial charge in [-0.25, -0.2) is 4.79 Å². The van der Waals surface area contributed by atoms with Gasteiger partial charge in [0.25, 0.3) is 0 Å². The van der Waals surface area contributed by atoms with Crippen LogP contribution in [0.3, 0.4) is 0 Å². The summed E-state index contributed by atoms with van der Waals surface area (Å²) in [7, 11) is 0. The van der Waals surface area contributed by atoms with E-state index in [0.717, 1.165) is 0 Å². The van der Waals surface area contributed by atoms with Crippen molar-refractivity contribution < 1.29 is 9.53 Å². The molecule has 0 amide bonds. The third-order valence-electron chi connectivity index (χ3n) is 1.81. The highest BCUT2D eigenvalue weighted by atomic mass is 16.5. The molecular weight excluding hydrogens is 204 g/mol. The van der Waals surface area contributed by atoms with E-state index >= 15 is 0 Å². The topological polar surface area (TPSA) is 76.1 Å². The maximum Gasteiger partial charge on any atom is 0.340 e. The molecule has 0 fully saturated rings. The fourth-order valence-corrected chi connectivity index (χ4v) is 1.12. The molecule has 1 aromatic carbocycles. The summed E-state index contributed by atoms with van der Waals surface area (Å²) in [6, 6.07) is 6.41. The van der Waals surface area contributed by atoms with Gasteiger partial charge in [-0.1, -0.05) is 5.92 Å². The summed E-state index contributed by atoms with van der Waals surface area (Å²) < 4.78 is 4.84. The fraction of sp³-hybridized carbons (Fsp3) is 0.167. The lowest BCUT2D eigenvalue weighted by Gasteiger charge is -2.05. The van der Waals surface area contributed by atoms with Crippen LogP contribution >= 0.6 is 0 Å². The first-order valence-corrected chi connectivity index (χ1v) is 4.65. The van der Waals surface area contributed by atoms with Crippen LogP contribution in [0.1, 0.15) is 22.8 Å². The summed E-state index contributed by atoms with van der Waals surface area (Å²) in [5.74, 6) is 4.34. The lowest BCUT2D eigenvalue weighted by molar-refractivity contribution is 0.0527. The number of anilines is 1. The lowest BCUT2D eigenvalue weighted by atomic mass is 10.1. The Morgan fingerprint density at radius 2 is 2.31 bits per heavy atom. The van der Waals surface area contributed by atoms with Crippen molar-refractivity contribution >= 4 is 11.7 Å². The number of nitrogens with two attached hydrogens (primary N) is 1. The van der Waals surface area contributed by atoms with Crippen LogP contribution in [0.15, 0.2) is 18.2 Å². The van der Waals surface area contributed by atoms with Crippen LogP contribution in [0.5, 0.6) is 0 Å². The molecule has 0 atom stereocenters. The van der Waals surface area contributed by atoms with E-state index in [-0.39, 0.29) is 12.2 Å². The number of hydrogen-bond acceptors (Lipinski definition) is 4. The second kappa shape index (κ2) is 5.43. The number of benzene rings is 1. The second-order valence-electron chi connectivity index (χ2n) is 2.88. The van der Waals surface area contributed by atoms with Gasteiger partial charge in [-0.3, -0.25) is 0 Å². The molecule has 16 heavy (non-hydrogen) atoms. The molecular formula is C12H10N2O2. The Morgan fingerprint density at radius 3 is 2.94 bits per heavy atom. The third-order valence-corrected chi connectivity index (χ3v) is 1.81. The van der Waals surface area contributed by atoms with Crippen molar-refractivity contribution in [3.8, 4) is 17.9 Å². The lowest BCUT2D eigenvalue weighted by Crippen LogP contribution is -2.08. The molecule has 0 aromatic heterocycles. The van der Waals surface area contributed by atoms with E-state index in [2.05, 4.69) is 11.8 Å². The highest BCUT2D eigenvalue weighted by Gasteiger charge is 2.10. The minimum absolute atomic E-state index is 0.270. The van der Waals surface area contributed by atoms with Gasteiger partial charge in [0, 0.05) is 17.2 Å². The molecule has 0 aliphatic carbocycles. The zero-order valence-electron chi connectivity index (χ0n) is 8.78. The summed E-state index contributed by atoms with van der Waals surface area (Å²) in [5, 5.41) is 8.30. The number of nitriles is 1. The summed E-state index contributed by atoms with van der Waals surface area (Å²) in [6.45, 7) is 2.00. The van der Waals surface area contributed by atoms with Crippen molar-refractivity contribution in [2.45, 2.75) is 6.92 Å². The Hall–Kier alpha value is -2.46. The Labute approximate surface area is 93.6 Å². The van der Waals surface area contributed by atoms with Gasteiger partial charge >= 0.3 is 5.97 Å². The number of rotatable bonds is 2. The average Bonchev–Trinajstić information content (AvgIpc) is 2.28. The normalized spacial score (nSPS) is 8.50. The largest absolute Gasteiger partial charge is 0.462 e. The van der Waals surface area contributed by atoms with Crippen LogP contribution in [-0.2, 0) is 4.74 Å². The van der Waals surface area contributed by atoms with Gasteiger partial charge in [-0.2, -0.15) is 5.26 Å². The molecule has 80 valence electrons. The third kappa shape index (κ3) is 2.76. The maximum atomic E-state index is 11.5. The van der Waals surface area contributed by atoms with Gasteiger partial charge < -0.3 is 10.5 Å². The average molecular weight is 214 g/mol. The van der Waals surface area contributed by atoms with Gasteiger partial charge in [-0.15, -0.1) is 0 Å². The van der Waals surface area contributed by atoms with Gasteiger partial charge in [0.2, 0.25) is 0 Å². The predicted octanol–water partition coefficient (Wildman–Crippen LogP) is 1.32. The summed E-state index contributed by atoms with van der Waals surface area (Å²) in [6.07, 6.45) is 0. The van der Waals surface area contributed by atoms with Crippen molar-refractivity contribution in [2.24, 2.45) is 0 Å². The van der Waals surface area contributed by atoms with Crippen LogP contribution in [-0.4, -0.2) is 12.6 Å². The zero-order chi connectivity index (χ0) is 12.0. The highest BCUT2D eigenvalue weighted by molar-refractivity contribution is 5.95. The first-order chi connectivity index (χ1) is 7.69. The Bertz CT molecular complexity index is 504. The molecule has 0 radical (unpaired) electrons. The zero-order valence-corrected chi connectivity index (χ0v) is 8.78. The standard InChI is InChI=1S/C12H10N2O2/c1-2-16-12(15)10-8-9(4-3-7-13)5-6-11(10)14/h5-6,8H,2,14H2,1H3. The number of hydrogen-bond donors (Lipinski definition) is 1. The van der Waals surface area contributed by atoms with Crippen LogP contribution in [0.4, 0.5) is 5.69 Å². The van der Waals surface area contributed by atoms with E-state index in [1.165, 1.54) is 6.07 Å². The monoisotopic (exact) mass is 214 g/mol. The van der Waals surface area contributed by atoms with Crippen molar-refractivity contribution in [1.82, 2.24) is 0 Å². The Morgan fingerprint density at radius 1 is 1.56 bits per heavy atom. The van der Waals surface area contributed by atoms with Gasteiger partial charge in [0.05, 0.1) is 12.2 Å². The summed E-state index contributed by atoms with van der Waals surface area (Å²) in [5.41, 5.74) is 6.79. The molecule has 0 spiro atoms. The van der Waals surface area contributed by atoms with Gasteiger partial charge in [0.1, 0.15) is 0 Å². The number of carbonyl (C=O) groups is 1. The number of esters is 1. The van der Waals surface area contributed by atoms with E-state index in [9.17, 15) is 4.79 Å². The van der Waals surface area contributed by atoms with Crippen molar-refractivity contribution in [3.63, 3.8) is 0 Å². The summed E-state index contributed by atoms with van der Waals surface area (Å²) >= 11 is 0. The number of carbonyl (C=O) groups excluding carboxylic acids is 1. The molecule has 4 nitrogen and oxygen atoms in total. The minimum atomic E-state index is -0.486. The predicted molar refractivity (Wildman–Crippen MR) is 59.3 cm³/mol. The molecule has 0 aliphatic rings. The molecule has 1 rings (SSSR count). The van der Waals surface area contributed by atoms with Crippen molar-refractivity contribution in [2.75, 3.05) is 12.3 Å². The number of nitrogen functional groups attached to an aromatic ring is 1. The van der Waals surface area contributed by atoms with Crippen LogP contribution in [0, 0.1) is 23.2 Å². The molecule has 4 heteroatoms. The fourth-order valence-electron chi connectivity index (χ4n) is 1.12. The first kappa shape index (κ1) is 11.6. The van der Waals surface area contributed by atoms with E-state index in [1.54, 1.807) is 25.1 Å². The molecule has 1 aromatic rings. The van der Waals surface area contributed by atoms with Crippen molar-refractivity contribution in [1.29, 1.82) is 5.26 Å². The van der Waals surface area contributed by atoms with Crippen molar-refractivity contribution in [3.05, 3.63) is 29.3 Å². The molecule has 0 bridgehead atoms. The van der Waals surface area contributed by atoms with Crippen LogP contribution in [0.2, 0.25) is 0 Å². The Balaban J connectivity index is 3.09. The van der Waals surface area contributed by atoms with Crippen LogP contribution in [0.25, 0.3) is 0 Å². The molecule has 0 aliphatic heterocycles. The van der Waals surface area contributed by atoms with Gasteiger partial charge in [0.15, 0.2) is 6.07 Å². The highest BCUT2D eigenvalue weighted by Crippen LogP contribution is 2.14. The van der Waals surface area contributed by atoms with Gasteiger partial charge in [-0.05, 0) is 25.1 Å². The molecule has 0 heterocycles. The number of ether oxygens (including phenoxy) is 1. The molecule has 0 saturated carbocycles. The first-order valence-electron chi connectivity index (χ1n) is 4.65. The Kier molecular flexibility index (Phi) is 3.94. The van der Waals surface area contributed by atoms with Crippen LogP contribution < -0.4 is 5.73 Å². The second-order valence-corrected chi connectivity index (χ2v) is 2.88. The molecule has 0 saturated heterocycles. The number of nitrogens with zero attached hydrogens (tertiary/aromatic N) is 1. The van der Waals surface area contributed by atoms with E-state index in [1.807, 2.05) is 0 Å². The summed E-state index contributed by atoms with van der Waals surface area (Å²) in [4.78, 5) is 11.5.